The van der Waals surface area contributed by atoms with E-state index in [2.05, 4.69) is 50.8 Å². The van der Waals surface area contributed by atoms with Crippen LogP contribution in [0.25, 0.3) is 11.4 Å². The van der Waals surface area contributed by atoms with E-state index in [0.717, 1.165) is 37.9 Å². The predicted molar refractivity (Wildman–Crippen MR) is 144 cm³/mol. The minimum absolute atomic E-state index is 0.0262. The minimum Gasteiger partial charge on any atom is -0.490 e. The van der Waals surface area contributed by atoms with Crippen LogP contribution in [0.5, 0.6) is 5.75 Å². The molecule has 2 heterocycles. The Morgan fingerprint density at radius 3 is 2.59 bits per heavy atom. The van der Waals surface area contributed by atoms with Gasteiger partial charge in [0, 0.05) is 55.8 Å². The zero-order valence-electron chi connectivity index (χ0n) is 22.2. The number of benzene rings is 2. The number of aryl methyl sites for hydroxylation is 1. The van der Waals surface area contributed by atoms with Gasteiger partial charge in [-0.05, 0) is 56.7 Å². The molecule has 7 nitrogen and oxygen atoms in total. The van der Waals surface area contributed by atoms with Crippen LogP contribution in [0.15, 0.2) is 48.7 Å². The number of nitrogens with one attached hydrogen (secondary N) is 2. The number of aromatic amines is 1. The number of carbonyl (C=O) groups is 1. The molecular formula is C29H32F3N5O2. The first-order chi connectivity index (χ1) is 18.6. The molecule has 1 aliphatic rings. The van der Waals surface area contributed by atoms with Crippen molar-refractivity contribution in [3.63, 3.8) is 0 Å². The lowest BCUT2D eigenvalue weighted by Gasteiger charge is -2.36. The number of ether oxygens (including phenoxy) is 1. The van der Waals surface area contributed by atoms with Crippen molar-refractivity contribution in [1.82, 2.24) is 19.8 Å². The molecule has 3 aromatic rings. The summed E-state index contributed by atoms with van der Waals surface area (Å²) in [5.41, 5.74) is 1.43. The molecule has 0 unspecified atom stereocenters. The van der Waals surface area contributed by atoms with Crippen LogP contribution < -0.4 is 10.1 Å². The van der Waals surface area contributed by atoms with Crippen LogP contribution in [-0.4, -0.2) is 71.0 Å². The summed E-state index contributed by atoms with van der Waals surface area (Å²) in [5, 5.41) is 2.73. The summed E-state index contributed by atoms with van der Waals surface area (Å²) in [6.45, 7) is 11.3. The van der Waals surface area contributed by atoms with Crippen molar-refractivity contribution in [1.29, 1.82) is 0 Å². The van der Waals surface area contributed by atoms with Gasteiger partial charge in [0.1, 0.15) is 23.9 Å². The summed E-state index contributed by atoms with van der Waals surface area (Å²) in [5.74, 6) is 5.25. The average molecular weight is 540 g/mol. The Labute approximate surface area is 226 Å². The number of nitrogens with zero attached hydrogens (tertiary/aromatic N) is 3. The van der Waals surface area contributed by atoms with Crippen molar-refractivity contribution < 1.29 is 22.7 Å². The highest BCUT2D eigenvalue weighted by atomic mass is 19.4. The van der Waals surface area contributed by atoms with Gasteiger partial charge < -0.3 is 15.0 Å². The fourth-order valence-electron chi connectivity index (χ4n) is 4.31. The zero-order valence-corrected chi connectivity index (χ0v) is 22.2. The minimum atomic E-state index is -4.54. The lowest BCUT2D eigenvalue weighted by molar-refractivity contribution is -0.140. The molecule has 0 saturated carbocycles. The number of aromatic nitrogens is 2. The molecule has 1 aliphatic heterocycles. The number of anilines is 1. The highest BCUT2D eigenvalue weighted by Crippen LogP contribution is 2.33. The van der Waals surface area contributed by atoms with Crippen LogP contribution in [0.4, 0.5) is 18.9 Å². The Kier molecular flexibility index (Phi) is 8.94. The number of alkyl halides is 3. The second-order valence-corrected chi connectivity index (χ2v) is 9.75. The number of hydrogen-bond donors (Lipinski definition) is 2. The van der Waals surface area contributed by atoms with Gasteiger partial charge in [-0.15, -0.1) is 0 Å². The first-order valence-electron chi connectivity index (χ1n) is 12.8. The molecule has 0 bridgehead atoms. The summed E-state index contributed by atoms with van der Waals surface area (Å²) >= 11 is 0. The third-order valence-corrected chi connectivity index (χ3v) is 6.52. The third kappa shape index (κ3) is 7.85. The highest BCUT2D eigenvalue weighted by Gasteiger charge is 2.33. The molecule has 0 radical (unpaired) electrons. The van der Waals surface area contributed by atoms with Crippen molar-refractivity contribution >= 4 is 11.6 Å². The van der Waals surface area contributed by atoms with Crippen LogP contribution in [0.2, 0.25) is 0 Å². The number of carbonyl (C=O) groups excluding carboxylic acids is 1. The van der Waals surface area contributed by atoms with Crippen molar-refractivity contribution in [3.8, 4) is 29.0 Å². The van der Waals surface area contributed by atoms with E-state index in [0.29, 0.717) is 41.8 Å². The second kappa shape index (κ2) is 12.4. The van der Waals surface area contributed by atoms with Crippen LogP contribution in [0.1, 0.15) is 30.7 Å². The van der Waals surface area contributed by atoms with E-state index >= 15 is 0 Å². The van der Waals surface area contributed by atoms with Crippen molar-refractivity contribution in [3.05, 3.63) is 65.5 Å². The number of amides is 1. The van der Waals surface area contributed by atoms with Gasteiger partial charge in [-0.25, -0.2) is 4.98 Å². The number of hydrogen-bond acceptors (Lipinski definition) is 5. The number of rotatable bonds is 7. The number of H-pyrrole nitrogens is 1. The van der Waals surface area contributed by atoms with E-state index in [-0.39, 0.29) is 5.82 Å². The normalized spacial score (nSPS) is 14.6. The number of halogens is 3. The van der Waals surface area contributed by atoms with E-state index in [4.69, 9.17) is 4.74 Å². The molecule has 0 spiro atoms. The molecule has 1 saturated heterocycles. The standard InChI is InChI=1S/C29H32F3N5O2/c1-20(2)37-13-11-36(12-14-37)15-16-39-25-9-8-23(28-33-19-26(35-28)29(30,31)32)18-24(25)34-27(38)10-7-22-6-4-5-21(3)17-22/h4-6,8-9,17-20H,11-16H2,1-3H3,(H,33,35)(H,34,38). The molecule has 0 atom stereocenters. The molecule has 1 amide bonds. The maximum Gasteiger partial charge on any atom is 0.432 e. The molecule has 0 aliphatic carbocycles. The van der Waals surface area contributed by atoms with Gasteiger partial charge in [0.05, 0.1) is 11.9 Å². The van der Waals surface area contributed by atoms with Gasteiger partial charge in [0.15, 0.2) is 0 Å². The number of imidazole rings is 1. The summed E-state index contributed by atoms with van der Waals surface area (Å²) < 4.78 is 45.2. The summed E-state index contributed by atoms with van der Waals surface area (Å²) in [6, 6.07) is 12.7. The van der Waals surface area contributed by atoms with E-state index in [1.54, 1.807) is 18.2 Å². The van der Waals surface area contributed by atoms with Gasteiger partial charge in [-0.3, -0.25) is 14.6 Å². The molecule has 2 N–H and O–H groups in total. The maximum atomic E-state index is 13.1. The zero-order chi connectivity index (χ0) is 28.0. The van der Waals surface area contributed by atoms with Crippen LogP contribution >= 0.6 is 0 Å². The van der Waals surface area contributed by atoms with Crippen LogP contribution in [-0.2, 0) is 11.0 Å². The quantitative estimate of drug-likeness (QED) is 0.422. The molecular weight excluding hydrogens is 507 g/mol. The third-order valence-electron chi connectivity index (χ3n) is 6.52. The molecule has 10 heteroatoms. The summed E-state index contributed by atoms with van der Waals surface area (Å²) in [6.07, 6.45) is -3.80. The lowest BCUT2D eigenvalue weighted by atomic mass is 10.1. The lowest BCUT2D eigenvalue weighted by Crippen LogP contribution is -2.49. The Balaban J connectivity index is 1.49. The van der Waals surface area contributed by atoms with E-state index < -0.39 is 17.8 Å². The van der Waals surface area contributed by atoms with Crippen molar-refractivity contribution in [2.24, 2.45) is 0 Å². The van der Waals surface area contributed by atoms with Gasteiger partial charge in [0.25, 0.3) is 0 Å². The van der Waals surface area contributed by atoms with Gasteiger partial charge in [-0.1, -0.05) is 18.1 Å². The fourth-order valence-corrected chi connectivity index (χ4v) is 4.31. The highest BCUT2D eigenvalue weighted by molar-refractivity contribution is 6.05. The number of piperazine rings is 1. The Hall–Kier alpha value is -3.81. The molecule has 4 rings (SSSR count). The smallest absolute Gasteiger partial charge is 0.432 e. The molecule has 39 heavy (non-hydrogen) atoms. The largest absolute Gasteiger partial charge is 0.490 e. The van der Waals surface area contributed by atoms with Crippen molar-refractivity contribution in [2.45, 2.75) is 33.0 Å². The van der Waals surface area contributed by atoms with E-state index in [1.807, 2.05) is 25.1 Å². The monoisotopic (exact) mass is 539 g/mol. The Morgan fingerprint density at radius 1 is 1.15 bits per heavy atom. The van der Waals surface area contributed by atoms with E-state index in [1.165, 1.54) is 6.07 Å². The first kappa shape index (κ1) is 28.2. The van der Waals surface area contributed by atoms with E-state index in [9.17, 15) is 18.0 Å². The fraction of sp³-hybridized carbons (Fsp3) is 0.379. The SMILES string of the molecule is Cc1cccc(C#CC(=O)Nc2cc(-c3ncc(C(F)(F)F)[nH]3)ccc2OCCN2CCN(C(C)C)CC2)c1. The first-order valence-corrected chi connectivity index (χ1v) is 12.8. The molecule has 1 aromatic heterocycles. The molecule has 1 fully saturated rings. The Morgan fingerprint density at radius 2 is 1.92 bits per heavy atom. The summed E-state index contributed by atoms with van der Waals surface area (Å²) in [7, 11) is 0. The predicted octanol–water partition coefficient (Wildman–Crippen LogP) is 4.80. The van der Waals surface area contributed by atoms with Crippen LogP contribution in [0, 0.1) is 18.8 Å². The van der Waals surface area contributed by atoms with Gasteiger partial charge in [-0.2, -0.15) is 13.2 Å². The van der Waals surface area contributed by atoms with Gasteiger partial charge in [0.2, 0.25) is 0 Å². The van der Waals surface area contributed by atoms with Gasteiger partial charge >= 0.3 is 12.1 Å². The van der Waals surface area contributed by atoms with Crippen molar-refractivity contribution in [2.75, 3.05) is 44.6 Å². The molecule has 2 aromatic carbocycles. The topological polar surface area (TPSA) is 73.5 Å². The Bertz CT molecular complexity index is 1350. The second-order valence-electron chi connectivity index (χ2n) is 9.75. The van der Waals surface area contributed by atoms with Crippen LogP contribution in [0.3, 0.4) is 0 Å². The summed E-state index contributed by atoms with van der Waals surface area (Å²) in [4.78, 5) is 23.6. The molecule has 206 valence electrons. The maximum absolute atomic E-state index is 13.1. The average Bonchev–Trinajstić information content (AvgIpc) is 3.40.